The maximum Gasteiger partial charge on any atom is 0.328 e. The molecule has 0 aliphatic carbocycles. The molecule has 0 saturated carbocycles. The van der Waals surface area contributed by atoms with Crippen molar-refractivity contribution in [3.8, 4) is 6.07 Å². The molecule has 7 heteroatoms. The molecule has 0 unspecified atom stereocenters. The number of methoxy groups -OCH3 is 1. The van der Waals surface area contributed by atoms with Crippen LogP contribution in [-0.4, -0.2) is 25.0 Å². The van der Waals surface area contributed by atoms with E-state index >= 15 is 0 Å². The number of carbonyl (C=O) groups is 2. The summed E-state index contributed by atoms with van der Waals surface area (Å²) in [5, 5.41) is 11.0. The van der Waals surface area contributed by atoms with Crippen molar-refractivity contribution in [3.05, 3.63) is 35.4 Å². The molecule has 1 rings (SSSR count). The van der Waals surface area contributed by atoms with E-state index in [1.807, 2.05) is 6.07 Å². The average molecular weight is 324 g/mol. The van der Waals surface area contributed by atoms with Gasteiger partial charge in [-0.1, -0.05) is 0 Å². The van der Waals surface area contributed by atoms with Crippen LogP contribution in [0.1, 0.15) is 31.2 Å². The highest BCUT2D eigenvalue weighted by Gasteiger charge is 2.21. The molecule has 0 bridgehead atoms. The third-order valence-corrected chi connectivity index (χ3v) is 3.14. The predicted molar refractivity (Wildman–Crippen MR) is 78.1 cm³/mol. The van der Waals surface area contributed by atoms with Crippen LogP contribution in [0.2, 0.25) is 0 Å². The first kappa shape index (κ1) is 18.6. The number of rotatable bonds is 8. The summed E-state index contributed by atoms with van der Waals surface area (Å²) in [5.41, 5.74) is 0.174. The molecule has 124 valence electrons. The van der Waals surface area contributed by atoms with Crippen molar-refractivity contribution < 1.29 is 23.1 Å². The van der Waals surface area contributed by atoms with E-state index in [4.69, 9.17) is 5.26 Å². The lowest BCUT2D eigenvalue weighted by Gasteiger charge is -2.16. The Morgan fingerprint density at radius 3 is 2.48 bits per heavy atom. The third kappa shape index (κ3) is 6.87. The monoisotopic (exact) mass is 324 g/mol. The van der Waals surface area contributed by atoms with Crippen LogP contribution in [0.3, 0.4) is 0 Å². The molecule has 0 saturated heterocycles. The molecule has 0 heterocycles. The van der Waals surface area contributed by atoms with Gasteiger partial charge in [-0.25, -0.2) is 13.6 Å². The maximum absolute atomic E-state index is 13.1. The highest BCUT2D eigenvalue weighted by atomic mass is 19.1. The molecule has 1 aromatic carbocycles. The molecule has 1 amide bonds. The smallest absolute Gasteiger partial charge is 0.328 e. The Morgan fingerprint density at radius 2 is 1.91 bits per heavy atom. The van der Waals surface area contributed by atoms with E-state index in [1.165, 1.54) is 7.11 Å². The fourth-order valence-corrected chi connectivity index (χ4v) is 2.09. The van der Waals surface area contributed by atoms with E-state index in [0.29, 0.717) is 31.7 Å². The summed E-state index contributed by atoms with van der Waals surface area (Å²) in [5.74, 6) is -2.67. The lowest BCUT2D eigenvalue weighted by atomic mass is 10.1. The number of esters is 1. The van der Waals surface area contributed by atoms with Crippen molar-refractivity contribution in [1.82, 2.24) is 5.32 Å². The molecule has 23 heavy (non-hydrogen) atoms. The van der Waals surface area contributed by atoms with Crippen molar-refractivity contribution in [2.24, 2.45) is 0 Å². The molecule has 0 aliphatic heterocycles. The third-order valence-electron chi connectivity index (χ3n) is 3.14. The van der Waals surface area contributed by atoms with Crippen LogP contribution >= 0.6 is 0 Å². The van der Waals surface area contributed by atoms with Gasteiger partial charge in [-0.15, -0.1) is 0 Å². The lowest BCUT2D eigenvalue weighted by molar-refractivity contribution is -0.145. The number of nitrogens with one attached hydrogen (secondary N) is 1. The van der Waals surface area contributed by atoms with Crippen LogP contribution < -0.4 is 5.32 Å². The minimum Gasteiger partial charge on any atom is -0.467 e. The van der Waals surface area contributed by atoms with Gasteiger partial charge in [0.05, 0.1) is 19.6 Å². The van der Waals surface area contributed by atoms with Crippen molar-refractivity contribution in [2.75, 3.05) is 7.11 Å². The molecule has 1 atom stereocenters. The summed E-state index contributed by atoms with van der Waals surface area (Å²) in [6.07, 6.45) is 1.62. The second-order valence-corrected chi connectivity index (χ2v) is 5.00. The fourth-order valence-electron chi connectivity index (χ4n) is 2.09. The largest absolute Gasteiger partial charge is 0.467 e. The molecular weight excluding hydrogens is 306 g/mol. The Labute approximate surface area is 133 Å². The van der Waals surface area contributed by atoms with Crippen molar-refractivity contribution in [3.63, 3.8) is 0 Å². The van der Waals surface area contributed by atoms with Gasteiger partial charge in [0.2, 0.25) is 5.91 Å². The number of hydrogen-bond acceptors (Lipinski definition) is 4. The van der Waals surface area contributed by atoms with Gasteiger partial charge in [-0.3, -0.25) is 4.79 Å². The summed E-state index contributed by atoms with van der Waals surface area (Å²) in [7, 11) is 1.21. The van der Waals surface area contributed by atoms with Crippen LogP contribution in [0.5, 0.6) is 0 Å². The van der Waals surface area contributed by atoms with E-state index in [0.717, 1.165) is 12.1 Å². The highest BCUT2D eigenvalue weighted by molar-refractivity contribution is 5.85. The van der Waals surface area contributed by atoms with Gasteiger partial charge in [0.1, 0.15) is 17.7 Å². The molecule has 0 spiro atoms. The Bertz CT molecular complexity index is 579. The number of nitriles is 1. The highest BCUT2D eigenvalue weighted by Crippen LogP contribution is 2.10. The van der Waals surface area contributed by atoms with E-state index in [-0.39, 0.29) is 12.0 Å². The van der Waals surface area contributed by atoms with Crippen LogP contribution in [0.4, 0.5) is 8.78 Å². The molecule has 1 aromatic rings. The topological polar surface area (TPSA) is 79.2 Å². The summed E-state index contributed by atoms with van der Waals surface area (Å²) < 4.78 is 30.8. The summed E-state index contributed by atoms with van der Waals surface area (Å²) in [4.78, 5) is 23.6. The number of unbranched alkanes of at least 4 members (excludes halogenated alkanes) is 2. The van der Waals surface area contributed by atoms with E-state index in [2.05, 4.69) is 10.1 Å². The second kappa shape index (κ2) is 9.51. The minimum absolute atomic E-state index is 0.174. The molecule has 0 aromatic heterocycles. The molecular formula is C16H18F2N2O3. The molecule has 5 nitrogen and oxygen atoms in total. The van der Waals surface area contributed by atoms with Gasteiger partial charge in [-0.05, 0) is 37.0 Å². The lowest BCUT2D eigenvalue weighted by Crippen LogP contribution is -2.42. The average Bonchev–Trinajstić information content (AvgIpc) is 2.48. The zero-order chi connectivity index (χ0) is 17.2. The number of halogens is 2. The molecule has 0 fully saturated rings. The van der Waals surface area contributed by atoms with Crippen LogP contribution in [-0.2, 0) is 20.7 Å². The van der Waals surface area contributed by atoms with Gasteiger partial charge < -0.3 is 10.1 Å². The van der Waals surface area contributed by atoms with Gasteiger partial charge in [0.15, 0.2) is 0 Å². The van der Waals surface area contributed by atoms with Gasteiger partial charge in [0, 0.05) is 12.5 Å². The zero-order valence-corrected chi connectivity index (χ0v) is 12.8. The first-order valence-corrected chi connectivity index (χ1v) is 7.15. The summed E-state index contributed by atoms with van der Waals surface area (Å²) in [6.45, 7) is 0. The Hall–Kier alpha value is -2.49. The Morgan fingerprint density at radius 1 is 1.26 bits per heavy atom. The number of carbonyl (C=O) groups excluding carboxylic acids is 2. The Kier molecular flexibility index (Phi) is 7.67. The first-order valence-electron chi connectivity index (χ1n) is 7.15. The predicted octanol–water partition coefficient (Wildman–Crippen LogP) is 2.25. The number of amides is 1. The molecule has 1 N–H and O–H groups in total. The van der Waals surface area contributed by atoms with Crippen LogP contribution in [0.15, 0.2) is 18.2 Å². The number of hydrogen-bond donors (Lipinski definition) is 1. The van der Waals surface area contributed by atoms with E-state index < -0.39 is 29.6 Å². The number of ether oxygens (including phenoxy) is 1. The van der Waals surface area contributed by atoms with Gasteiger partial charge in [0.25, 0.3) is 0 Å². The SMILES string of the molecule is COC(=O)[C@H](CCCCC#N)NC(=O)Cc1cc(F)cc(F)c1. The van der Waals surface area contributed by atoms with E-state index in [9.17, 15) is 18.4 Å². The van der Waals surface area contributed by atoms with Crippen LogP contribution in [0, 0.1) is 23.0 Å². The summed E-state index contributed by atoms with van der Waals surface area (Å²) in [6, 6.07) is 3.98. The standard InChI is InChI=1S/C16H18F2N2O3/c1-23-16(22)14(5-3-2-4-6-19)20-15(21)9-11-7-12(17)10-13(18)8-11/h7-8,10,14H,2-5,9H2,1H3,(H,20,21)/t14-/m0/s1. The second-order valence-electron chi connectivity index (χ2n) is 5.00. The number of benzene rings is 1. The minimum atomic E-state index is -0.843. The fraction of sp³-hybridized carbons (Fsp3) is 0.438. The Balaban J connectivity index is 2.61. The van der Waals surface area contributed by atoms with Crippen molar-refractivity contribution >= 4 is 11.9 Å². The first-order chi connectivity index (χ1) is 11.0. The van der Waals surface area contributed by atoms with Crippen molar-refractivity contribution in [2.45, 2.75) is 38.1 Å². The normalized spacial score (nSPS) is 11.4. The van der Waals surface area contributed by atoms with Gasteiger partial charge in [-0.2, -0.15) is 5.26 Å². The molecule has 0 radical (unpaired) electrons. The van der Waals surface area contributed by atoms with Crippen LogP contribution in [0.25, 0.3) is 0 Å². The maximum atomic E-state index is 13.1. The van der Waals surface area contributed by atoms with Gasteiger partial charge >= 0.3 is 5.97 Å². The summed E-state index contributed by atoms with van der Waals surface area (Å²) >= 11 is 0. The quantitative estimate of drug-likeness (QED) is 0.587. The number of nitrogens with zero attached hydrogens (tertiary/aromatic N) is 1. The van der Waals surface area contributed by atoms with E-state index in [1.54, 1.807) is 0 Å². The zero-order valence-electron chi connectivity index (χ0n) is 12.8. The molecule has 0 aliphatic rings. The van der Waals surface area contributed by atoms with Crippen molar-refractivity contribution in [1.29, 1.82) is 5.26 Å².